The summed E-state index contributed by atoms with van der Waals surface area (Å²) in [7, 11) is 1.66. The van der Waals surface area contributed by atoms with Crippen LogP contribution in [0.5, 0.6) is 11.5 Å². The number of ketones is 1. The number of fused-ring (bicyclic) bond motifs is 3. The zero-order valence-corrected chi connectivity index (χ0v) is 18.0. The van der Waals surface area contributed by atoms with Gasteiger partial charge in [0.1, 0.15) is 11.5 Å². The molecule has 0 aliphatic heterocycles. The average molecular weight is 443 g/mol. The molecule has 0 atom stereocenters. The SMILES string of the molecule is Cn1c(=O)c2ccccc2n2c(SCC(=O)c3ccc(Oc4ccccc4)cc3)nnc12. The van der Waals surface area contributed by atoms with Crippen LogP contribution in [-0.4, -0.2) is 30.7 Å². The first-order chi connectivity index (χ1) is 15.6. The van der Waals surface area contributed by atoms with E-state index in [4.69, 9.17) is 4.74 Å². The van der Waals surface area contributed by atoms with E-state index in [1.807, 2.05) is 52.9 Å². The Bertz CT molecular complexity index is 1490. The number of hydrogen-bond donors (Lipinski definition) is 0. The lowest BCUT2D eigenvalue weighted by Gasteiger charge is -2.08. The van der Waals surface area contributed by atoms with Crippen molar-refractivity contribution in [3.63, 3.8) is 0 Å². The van der Waals surface area contributed by atoms with Crippen molar-refractivity contribution in [3.05, 3.63) is 94.8 Å². The number of hydrogen-bond acceptors (Lipinski definition) is 6. The molecule has 2 heterocycles. The van der Waals surface area contributed by atoms with Crippen molar-refractivity contribution in [2.45, 2.75) is 5.16 Å². The van der Waals surface area contributed by atoms with E-state index in [-0.39, 0.29) is 17.1 Å². The predicted molar refractivity (Wildman–Crippen MR) is 124 cm³/mol. The molecule has 32 heavy (non-hydrogen) atoms. The number of ether oxygens (including phenoxy) is 1. The highest BCUT2D eigenvalue weighted by Gasteiger charge is 2.16. The highest BCUT2D eigenvalue weighted by atomic mass is 32.2. The highest BCUT2D eigenvalue weighted by molar-refractivity contribution is 7.99. The number of benzene rings is 3. The molecule has 2 aromatic heterocycles. The summed E-state index contributed by atoms with van der Waals surface area (Å²) < 4.78 is 9.05. The van der Waals surface area contributed by atoms with Crippen molar-refractivity contribution in [2.75, 3.05) is 5.75 Å². The number of aryl methyl sites for hydroxylation is 1. The summed E-state index contributed by atoms with van der Waals surface area (Å²) in [6.07, 6.45) is 0. The van der Waals surface area contributed by atoms with Crippen LogP contribution >= 0.6 is 11.8 Å². The molecule has 0 fully saturated rings. The number of thioether (sulfide) groups is 1. The Morgan fingerprint density at radius 2 is 1.59 bits per heavy atom. The Morgan fingerprint density at radius 3 is 2.38 bits per heavy atom. The van der Waals surface area contributed by atoms with E-state index in [0.29, 0.717) is 33.1 Å². The highest BCUT2D eigenvalue weighted by Crippen LogP contribution is 2.24. The minimum absolute atomic E-state index is 0.0351. The van der Waals surface area contributed by atoms with Crippen LogP contribution in [0.4, 0.5) is 0 Å². The van der Waals surface area contributed by atoms with Crippen LogP contribution in [0, 0.1) is 0 Å². The number of nitrogens with zero attached hydrogens (tertiary/aromatic N) is 4. The maximum atomic E-state index is 12.8. The van der Waals surface area contributed by atoms with Crippen molar-refractivity contribution in [1.29, 1.82) is 0 Å². The van der Waals surface area contributed by atoms with Gasteiger partial charge in [-0.15, -0.1) is 10.2 Å². The Balaban J connectivity index is 1.36. The summed E-state index contributed by atoms with van der Waals surface area (Å²) in [4.78, 5) is 25.3. The average Bonchev–Trinajstić information content (AvgIpc) is 3.26. The number of para-hydroxylation sites is 2. The summed E-state index contributed by atoms with van der Waals surface area (Å²) in [6, 6.07) is 23.8. The second kappa shape index (κ2) is 8.32. The van der Waals surface area contributed by atoms with Gasteiger partial charge < -0.3 is 4.74 Å². The Labute approximate surface area is 187 Å². The molecule has 158 valence electrons. The molecule has 0 saturated heterocycles. The van der Waals surface area contributed by atoms with Gasteiger partial charge in [-0.05, 0) is 48.5 Å². The molecule has 0 amide bonds. The normalized spacial score (nSPS) is 11.2. The standard InChI is InChI=1S/C24H18N4O3S/c1-27-22(30)19-9-5-6-10-20(19)28-23(27)25-26-24(28)32-15-21(29)16-11-13-18(14-12-16)31-17-7-3-2-4-8-17/h2-14H,15H2,1H3. The van der Waals surface area contributed by atoms with Gasteiger partial charge in [-0.25, -0.2) is 0 Å². The van der Waals surface area contributed by atoms with Gasteiger partial charge >= 0.3 is 0 Å². The lowest BCUT2D eigenvalue weighted by atomic mass is 10.1. The summed E-state index contributed by atoms with van der Waals surface area (Å²) in [5.41, 5.74) is 1.17. The first-order valence-corrected chi connectivity index (χ1v) is 10.9. The third-order valence-corrected chi connectivity index (χ3v) is 6.01. The van der Waals surface area contributed by atoms with Gasteiger partial charge in [-0.2, -0.15) is 0 Å². The topological polar surface area (TPSA) is 78.5 Å². The van der Waals surface area contributed by atoms with E-state index in [2.05, 4.69) is 10.2 Å². The van der Waals surface area contributed by atoms with Gasteiger partial charge in [-0.3, -0.25) is 18.6 Å². The van der Waals surface area contributed by atoms with Gasteiger partial charge in [0.2, 0.25) is 5.78 Å². The molecule has 8 heteroatoms. The number of carbonyl (C=O) groups excluding carboxylic acids is 1. The molecule has 7 nitrogen and oxygen atoms in total. The van der Waals surface area contributed by atoms with E-state index in [1.54, 1.807) is 37.4 Å². The molecule has 0 bridgehead atoms. The largest absolute Gasteiger partial charge is 0.457 e. The van der Waals surface area contributed by atoms with Gasteiger partial charge in [0.15, 0.2) is 10.9 Å². The molecule has 0 aliphatic rings. The first-order valence-electron chi connectivity index (χ1n) is 9.93. The van der Waals surface area contributed by atoms with Crippen LogP contribution in [0.3, 0.4) is 0 Å². The van der Waals surface area contributed by atoms with E-state index < -0.39 is 0 Å². The molecule has 0 radical (unpaired) electrons. The van der Waals surface area contributed by atoms with E-state index in [1.165, 1.54) is 16.3 Å². The van der Waals surface area contributed by atoms with Crippen LogP contribution in [0.15, 0.2) is 88.8 Å². The van der Waals surface area contributed by atoms with Crippen molar-refractivity contribution in [2.24, 2.45) is 7.05 Å². The summed E-state index contributed by atoms with van der Waals surface area (Å²) in [6.45, 7) is 0. The summed E-state index contributed by atoms with van der Waals surface area (Å²) >= 11 is 1.29. The quantitative estimate of drug-likeness (QED) is 0.287. The van der Waals surface area contributed by atoms with Gasteiger partial charge in [0, 0.05) is 12.6 Å². The third kappa shape index (κ3) is 3.65. The predicted octanol–water partition coefficient (Wildman–Crippen LogP) is 4.35. The fraction of sp³-hybridized carbons (Fsp3) is 0.0833. The molecule has 0 saturated carbocycles. The Morgan fingerprint density at radius 1 is 0.906 bits per heavy atom. The number of Topliss-reactive ketones (excluding diaryl/α,β-unsaturated/α-hetero) is 1. The zero-order chi connectivity index (χ0) is 22.1. The molecule has 0 unspecified atom stereocenters. The molecule has 0 N–H and O–H groups in total. The van der Waals surface area contributed by atoms with Crippen LogP contribution in [-0.2, 0) is 7.05 Å². The van der Waals surface area contributed by atoms with Crippen LogP contribution in [0.25, 0.3) is 16.7 Å². The lowest BCUT2D eigenvalue weighted by molar-refractivity contribution is 0.102. The van der Waals surface area contributed by atoms with Crippen LogP contribution in [0.2, 0.25) is 0 Å². The van der Waals surface area contributed by atoms with E-state index in [9.17, 15) is 9.59 Å². The van der Waals surface area contributed by atoms with Gasteiger partial charge in [0.05, 0.1) is 16.7 Å². The van der Waals surface area contributed by atoms with Crippen LogP contribution in [0.1, 0.15) is 10.4 Å². The minimum atomic E-state index is -0.133. The van der Waals surface area contributed by atoms with E-state index >= 15 is 0 Å². The van der Waals surface area contributed by atoms with Crippen molar-refractivity contribution < 1.29 is 9.53 Å². The van der Waals surface area contributed by atoms with Crippen molar-refractivity contribution in [1.82, 2.24) is 19.2 Å². The van der Waals surface area contributed by atoms with Gasteiger partial charge in [-0.1, -0.05) is 42.1 Å². The van der Waals surface area contributed by atoms with E-state index in [0.717, 1.165) is 5.75 Å². The third-order valence-electron chi connectivity index (χ3n) is 5.08. The second-order valence-electron chi connectivity index (χ2n) is 7.15. The molecule has 5 aromatic rings. The molecular weight excluding hydrogens is 424 g/mol. The fourth-order valence-electron chi connectivity index (χ4n) is 3.45. The monoisotopic (exact) mass is 442 g/mol. The molecule has 3 aromatic carbocycles. The zero-order valence-electron chi connectivity index (χ0n) is 17.1. The smallest absolute Gasteiger partial charge is 0.262 e. The molecular formula is C24H18N4O3S. The second-order valence-corrected chi connectivity index (χ2v) is 8.09. The number of carbonyl (C=O) groups is 1. The maximum Gasteiger partial charge on any atom is 0.262 e. The Kier molecular flexibility index (Phi) is 5.20. The summed E-state index contributed by atoms with van der Waals surface area (Å²) in [5.74, 6) is 1.99. The molecule has 5 rings (SSSR count). The van der Waals surface area contributed by atoms with Gasteiger partial charge in [0.25, 0.3) is 5.56 Å². The lowest BCUT2D eigenvalue weighted by Crippen LogP contribution is -2.20. The fourth-order valence-corrected chi connectivity index (χ4v) is 4.29. The minimum Gasteiger partial charge on any atom is -0.457 e. The van der Waals surface area contributed by atoms with Crippen molar-refractivity contribution >= 4 is 34.2 Å². The molecule has 0 spiro atoms. The number of aromatic nitrogens is 4. The number of rotatable bonds is 6. The van der Waals surface area contributed by atoms with Crippen molar-refractivity contribution in [3.8, 4) is 11.5 Å². The first kappa shape index (κ1) is 20.0. The van der Waals surface area contributed by atoms with Crippen LogP contribution < -0.4 is 10.3 Å². The molecule has 0 aliphatic carbocycles. The summed E-state index contributed by atoms with van der Waals surface area (Å²) in [5, 5.41) is 9.51. The maximum absolute atomic E-state index is 12.8. The Hall–Kier alpha value is -3.91.